The first-order valence-electron chi connectivity index (χ1n) is 5.50. The van der Waals surface area contributed by atoms with E-state index in [9.17, 15) is 4.79 Å². The molecule has 1 unspecified atom stereocenters. The highest BCUT2D eigenvalue weighted by Crippen LogP contribution is 2.19. The largest absolute Gasteiger partial charge is 0.333 e. The third kappa shape index (κ3) is 2.21. The van der Waals surface area contributed by atoms with Crippen LogP contribution in [0.3, 0.4) is 0 Å². The van der Waals surface area contributed by atoms with Crippen molar-refractivity contribution >= 4 is 5.91 Å². The van der Waals surface area contributed by atoms with E-state index >= 15 is 0 Å². The van der Waals surface area contributed by atoms with Gasteiger partial charge in [0.25, 0.3) is 5.91 Å². The molecule has 0 saturated carbocycles. The lowest BCUT2D eigenvalue weighted by atomic mass is 10.2. The molecular formula is C10H17N5O. The lowest BCUT2D eigenvalue weighted by Gasteiger charge is -2.26. The third-order valence-electron chi connectivity index (χ3n) is 2.85. The molecule has 6 heteroatoms. The van der Waals surface area contributed by atoms with Gasteiger partial charge >= 0.3 is 0 Å². The Morgan fingerprint density at radius 3 is 3.12 bits per heavy atom. The van der Waals surface area contributed by atoms with Gasteiger partial charge in [-0.15, -0.1) is 0 Å². The standard InChI is InChI=1S/C10H17N5O/c1-14(2)7-8-4-3-5-15(8)10(16)9-6-11-13-12-9/h6,8H,3-5,7H2,1-2H3,(H,11,12,13). The average molecular weight is 223 g/mol. The summed E-state index contributed by atoms with van der Waals surface area (Å²) in [7, 11) is 4.05. The molecule has 6 nitrogen and oxygen atoms in total. The fraction of sp³-hybridized carbons (Fsp3) is 0.700. The first-order valence-corrected chi connectivity index (χ1v) is 5.50. The maximum atomic E-state index is 12.1. The van der Waals surface area contributed by atoms with E-state index in [4.69, 9.17) is 0 Å². The molecule has 1 atom stereocenters. The quantitative estimate of drug-likeness (QED) is 0.781. The van der Waals surface area contributed by atoms with E-state index in [1.807, 2.05) is 19.0 Å². The number of H-pyrrole nitrogens is 1. The molecule has 1 aromatic rings. The molecule has 0 radical (unpaired) electrons. The molecule has 88 valence electrons. The van der Waals surface area contributed by atoms with Gasteiger partial charge in [0.15, 0.2) is 5.69 Å². The van der Waals surface area contributed by atoms with Crippen LogP contribution in [0, 0.1) is 0 Å². The van der Waals surface area contributed by atoms with Crippen molar-refractivity contribution in [3.63, 3.8) is 0 Å². The smallest absolute Gasteiger partial charge is 0.276 e. The Morgan fingerprint density at radius 2 is 2.50 bits per heavy atom. The average Bonchev–Trinajstić information content (AvgIpc) is 2.84. The van der Waals surface area contributed by atoms with Gasteiger partial charge < -0.3 is 9.80 Å². The fourth-order valence-electron chi connectivity index (χ4n) is 2.17. The van der Waals surface area contributed by atoms with Gasteiger partial charge in [0, 0.05) is 19.1 Å². The van der Waals surface area contributed by atoms with Gasteiger partial charge in [-0.1, -0.05) is 0 Å². The van der Waals surface area contributed by atoms with E-state index in [2.05, 4.69) is 20.3 Å². The first-order chi connectivity index (χ1) is 7.68. The predicted octanol–water partition coefficient (Wildman–Crippen LogP) is -0.0291. The molecular weight excluding hydrogens is 206 g/mol. The van der Waals surface area contributed by atoms with Crippen molar-refractivity contribution in [3.8, 4) is 0 Å². The van der Waals surface area contributed by atoms with E-state index in [-0.39, 0.29) is 5.91 Å². The highest BCUT2D eigenvalue weighted by Gasteiger charge is 2.30. The number of likely N-dealkylation sites (N-methyl/N-ethyl adjacent to an activating group) is 1. The molecule has 0 spiro atoms. The molecule has 16 heavy (non-hydrogen) atoms. The molecule has 1 amide bonds. The van der Waals surface area contributed by atoms with E-state index in [1.165, 1.54) is 6.20 Å². The van der Waals surface area contributed by atoms with Crippen LogP contribution in [0.25, 0.3) is 0 Å². The Hall–Kier alpha value is -1.43. The summed E-state index contributed by atoms with van der Waals surface area (Å²) in [5.74, 6) is -0.0156. The molecule has 0 aromatic carbocycles. The number of carbonyl (C=O) groups excluding carboxylic acids is 1. The van der Waals surface area contributed by atoms with E-state index in [0.717, 1.165) is 25.9 Å². The topological polar surface area (TPSA) is 65.1 Å². The molecule has 0 bridgehead atoms. The second kappa shape index (κ2) is 4.61. The zero-order chi connectivity index (χ0) is 11.5. The Labute approximate surface area is 94.6 Å². The zero-order valence-electron chi connectivity index (χ0n) is 9.68. The van der Waals surface area contributed by atoms with Crippen LogP contribution in [-0.4, -0.2) is 64.3 Å². The molecule has 1 fully saturated rings. The van der Waals surface area contributed by atoms with Crippen LogP contribution in [0.4, 0.5) is 0 Å². The number of likely N-dealkylation sites (tertiary alicyclic amines) is 1. The second-order valence-corrected chi connectivity index (χ2v) is 4.41. The first kappa shape index (κ1) is 11.1. The highest BCUT2D eigenvalue weighted by atomic mass is 16.2. The van der Waals surface area contributed by atoms with Crippen LogP contribution in [0.1, 0.15) is 23.3 Å². The number of nitrogens with one attached hydrogen (secondary N) is 1. The van der Waals surface area contributed by atoms with Crippen molar-refractivity contribution in [1.82, 2.24) is 25.2 Å². The Kier molecular flexibility index (Phi) is 3.19. The third-order valence-corrected chi connectivity index (χ3v) is 2.85. The number of nitrogens with zero attached hydrogens (tertiary/aromatic N) is 4. The van der Waals surface area contributed by atoms with Gasteiger partial charge in [-0.25, -0.2) is 0 Å². The Bertz CT molecular complexity index is 348. The molecule has 0 aliphatic carbocycles. The number of carbonyl (C=O) groups is 1. The van der Waals surface area contributed by atoms with Crippen molar-refractivity contribution in [3.05, 3.63) is 11.9 Å². The number of hydrogen-bond acceptors (Lipinski definition) is 4. The summed E-state index contributed by atoms with van der Waals surface area (Å²) < 4.78 is 0. The van der Waals surface area contributed by atoms with Crippen molar-refractivity contribution in [1.29, 1.82) is 0 Å². The van der Waals surface area contributed by atoms with Crippen LogP contribution in [0.2, 0.25) is 0 Å². The number of aromatic amines is 1. The maximum Gasteiger partial charge on any atom is 0.276 e. The monoisotopic (exact) mass is 223 g/mol. The van der Waals surface area contributed by atoms with Gasteiger partial charge in [-0.3, -0.25) is 4.79 Å². The minimum absolute atomic E-state index is 0.0156. The fourth-order valence-corrected chi connectivity index (χ4v) is 2.17. The number of amides is 1. The van der Waals surface area contributed by atoms with Gasteiger partial charge in [0.2, 0.25) is 0 Å². The van der Waals surface area contributed by atoms with Gasteiger partial charge in [-0.2, -0.15) is 15.4 Å². The van der Waals surface area contributed by atoms with Crippen molar-refractivity contribution in [2.24, 2.45) is 0 Å². The van der Waals surface area contributed by atoms with Crippen molar-refractivity contribution < 1.29 is 4.79 Å². The molecule has 2 rings (SSSR count). The number of aromatic nitrogens is 3. The van der Waals surface area contributed by atoms with Gasteiger partial charge in [0.05, 0.1) is 6.20 Å². The minimum Gasteiger partial charge on any atom is -0.333 e. The normalized spacial score (nSPS) is 20.7. The van der Waals surface area contributed by atoms with E-state index in [0.29, 0.717) is 11.7 Å². The summed E-state index contributed by atoms with van der Waals surface area (Å²) in [5, 5.41) is 9.97. The minimum atomic E-state index is -0.0156. The molecule has 1 aliphatic rings. The van der Waals surface area contributed by atoms with Crippen LogP contribution in [-0.2, 0) is 0 Å². The van der Waals surface area contributed by atoms with Crippen LogP contribution >= 0.6 is 0 Å². The summed E-state index contributed by atoms with van der Waals surface area (Å²) in [4.78, 5) is 16.1. The van der Waals surface area contributed by atoms with E-state index in [1.54, 1.807) is 0 Å². The maximum absolute atomic E-state index is 12.1. The zero-order valence-corrected chi connectivity index (χ0v) is 9.68. The number of rotatable bonds is 3. The van der Waals surface area contributed by atoms with Gasteiger partial charge in [-0.05, 0) is 26.9 Å². The van der Waals surface area contributed by atoms with Crippen molar-refractivity contribution in [2.75, 3.05) is 27.2 Å². The van der Waals surface area contributed by atoms with E-state index < -0.39 is 0 Å². The molecule has 1 aliphatic heterocycles. The Balaban J connectivity index is 2.05. The van der Waals surface area contributed by atoms with Crippen LogP contribution in [0.5, 0.6) is 0 Å². The van der Waals surface area contributed by atoms with Gasteiger partial charge in [0.1, 0.15) is 0 Å². The highest BCUT2D eigenvalue weighted by molar-refractivity contribution is 5.92. The summed E-state index contributed by atoms with van der Waals surface area (Å²) in [6, 6.07) is 0.305. The summed E-state index contributed by atoms with van der Waals surface area (Å²) in [6.45, 7) is 1.73. The molecule has 1 saturated heterocycles. The Morgan fingerprint density at radius 1 is 1.69 bits per heavy atom. The second-order valence-electron chi connectivity index (χ2n) is 4.41. The van der Waals surface area contributed by atoms with Crippen molar-refractivity contribution in [2.45, 2.75) is 18.9 Å². The molecule has 1 N–H and O–H groups in total. The van der Waals surface area contributed by atoms with Crippen LogP contribution in [0.15, 0.2) is 6.20 Å². The summed E-state index contributed by atoms with van der Waals surface area (Å²) >= 11 is 0. The predicted molar refractivity (Wildman–Crippen MR) is 59.0 cm³/mol. The molecule has 2 heterocycles. The SMILES string of the molecule is CN(C)CC1CCCN1C(=O)c1cn[nH]n1. The number of hydrogen-bond donors (Lipinski definition) is 1. The summed E-state index contributed by atoms with van der Waals surface area (Å²) in [6.07, 6.45) is 3.62. The lowest BCUT2D eigenvalue weighted by molar-refractivity contribution is 0.0710. The lowest BCUT2D eigenvalue weighted by Crippen LogP contribution is -2.41. The molecule has 1 aromatic heterocycles. The summed E-state index contributed by atoms with van der Waals surface area (Å²) in [5.41, 5.74) is 0.408. The van der Waals surface area contributed by atoms with Crippen LogP contribution < -0.4 is 0 Å².